The van der Waals surface area contributed by atoms with Crippen LogP contribution in [0.3, 0.4) is 0 Å². The molecule has 3 rings (SSSR count). The van der Waals surface area contributed by atoms with Crippen LogP contribution < -0.4 is 20.3 Å². The topological polar surface area (TPSA) is 111 Å². The van der Waals surface area contributed by atoms with E-state index < -0.39 is 11.9 Å². The quantitative estimate of drug-likeness (QED) is 0.460. The molecule has 2 aromatic carbocycles. The molecule has 34 heavy (non-hydrogen) atoms. The van der Waals surface area contributed by atoms with Crippen LogP contribution in [0.4, 0.5) is 11.4 Å². The zero-order valence-corrected chi connectivity index (χ0v) is 19.7. The Morgan fingerprint density at radius 3 is 2.35 bits per heavy atom. The number of hydrogen-bond acceptors (Lipinski definition) is 6. The van der Waals surface area contributed by atoms with Crippen LogP contribution in [-0.2, 0) is 4.79 Å². The lowest BCUT2D eigenvalue weighted by molar-refractivity contribution is -0.122. The van der Waals surface area contributed by atoms with E-state index in [0.29, 0.717) is 50.6 Å². The molecule has 0 bridgehead atoms. The van der Waals surface area contributed by atoms with E-state index in [2.05, 4.69) is 27.4 Å². The number of methoxy groups -OCH3 is 1. The fourth-order valence-corrected chi connectivity index (χ4v) is 3.78. The smallest absolute Gasteiger partial charge is 0.337 e. The molecular weight excluding hydrogens is 436 g/mol. The maximum atomic E-state index is 12.6. The lowest BCUT2D eigenvalue weighted by Crippen LogP contribution is -2.49. The van der Waals surface area contributed by atoms with Crippen molar-refractivity contribution in [3.63, 3.8) is 0 Å². The Morgan fingerprint density at radius 2 is 1.74 bits per heavy atom. The van der Waals surface area contributed by atoms with E-state index in [0.717, 1.165) is 18.5 Å². The summed E-state index contributed by atoms with van der Waals surface area (Å²) in [5, 5.41) is 15.4. The van der Waals surface area contributed by atoms with E-state index in [1.807, 2.05) is 6.07 Å². The van der Waals surface area contributed by atoms with Crippen molar-refractivity contribution < 1.29 is 24.2 Å². The summed E-state index contributed by atoms with van der Waals surface area (Å²) in [6.45, 7) is 5.93. The van der Waals surface area contributed by atoms with E-state index in [1.165, 1.54) is 0 Å². The number of anilines is 2. The molecule has 0 atom stereocenters. The molecule has 1 fully saturated rings. The number of hydrogen-bond donors (Lipinski definition) is 3. The van der Waals surface area contributed by atoms with E-state index >= 15 is 0 Å². The van der Waals surface area contributed by atoms with E-state index in [1.54, 1.807) is 43.5 Å². The Labute approximate surface area is 199 Å². The van der Waals surface area contributed by atoms with Gasteiger partial charge in [-0.05, 0) is 48.9 Å². The number of nitrogens with zero attached hydrogens (tertiary/aromatic N) is 2. The van der Waals surface area contributed by atoms with Crippen molar-refractivity contribution in [2.24, 2.45) is 0 Å². The molecule has 2 amide bonds. The summed E-state index contributed by atoms with van der Waals surface area (Å²) in [6.07, 6.45) is 2.02. The molecule has 182 valence electrons. The highest BCUT2D eigenvalue weighted by molar-refractivity contribution is 6.08. The van der Waals surface area contributed by atoms with Crippen LogP contribution in [-0.4, -0.2) is 74.2 Å². The minimum Gasteiger partial charge on any atom is -0.497 e. The minimum atomic E-state index is -1.12. The minimum absolute atomic E-state index is 0.0251. The molecular formula is C25H32N4O5. The fourth-order valence-electron chi connectivity index (χ4n) is 3.78. The monoisotopic (exact) mass is 468 g/mol. The van der Waals surface area contributed by atoms with Crippen LogP contribution in [0, 0.1) is 0 Å². The van der Waals surface area contributed by atoms with Crippen LogP contribution in [0.5, 0.6) is 5.75 Å². The van der Waals surface area contributed by atoms with Gasteiger partial charge in [-0.3, -0.25) is 14.5 Å². The van der Waals surface area contributed by atoms with Crippen LogP contribution in [0.15, 0.2) is 42.5 Å². The van der Waals surface area contributed by atoms with Crippen LogP contribution in [0.2, 0.25) is 0 Å². The van der Waals surface area contributed by atoms with Gasteiger partial charge in [0.25, 0.3) is 5.91 Å². The Balaban J connectivity index is 1.61. The molecule has 0 spiro atoms. The number of piperazine rings is 1. The third-order valence-corrected chi connectivity index (χ3v) is 5.79. The van der Waals surface area contributed by atoms with Gasteiger partial charge in [-0.15, -0.1) is 0 Å². The molecule has 1 heterocycles. The first kappa shape index (κ1) is 25.0. The predicted octanol–water partition coefficient (Wildman–Crippen LogP) is 2.68. The summed E-state index contributed by atoms with van der Waals surface area (Å²) in [5.41, 5.74) is 1.43. The number of carbonyl (C=O) groups is 3. The Hall–Kier alpha value is -3.59. The Bertz CT molecular complexity index is 1000. The normalized spacial score (nSPS) is 13.9. The van der Waals surface area contributed by atoms with Gasteiger partial charge in [0, 0.05) is 44.0 Å². The van der Waals surface area contributed by atoms with E-state index in [9.17, 15) is 19.5 Å². The number of carboxylic acid groups (broad SMARTS) is 1. The zero-order valence-electron chi connectivity index (χ0n) is 19.7. The van der Waals surface area contributed by atoms with Gasteiger partial charge in [0.2, 0.25) is 5.91 Å². The Morgan fingerprint density at radius 1 is 1.03 bits per heavy atom. The van der Waals surface area contributed by atoms with Gasteiger partial charge in [-0.2, -0.15) is 0 Å². The maximum absolute atomic E-state index is 12.6. The number of ether oxygens (including phenoxy) is 1. The van der Waals surface area contributed by atoms with Gasteiger partial charge in [-0.1, -0.05) is 13.3 Å². The number of aromatic carboxylic acids is 1. The third-order valence-electron chi connectivity index (χ3n) is 5.79. The van der Waals surface area contributed by atoms with E-state index in [-0.39, 0.29) is 17.2 Å². The van der Waals surface area contributed by atoms with Crippen molar-refractivity contribution in [3.05, 3.63) is 53.6 Å². The maximum Gasteiger partial charge on any atom is 0.337 e. The average Bonchev–Trinajstić information content (AvgIpc) is 2.85. The number of carboxylic acids is 1. The number of benzene rings is 2. The highest BCUT2D eigenvalue weighted by atomic mass is 16.5. The third kappa shape index (κ3) is 6.71. The molecule has 9 heteroatoms. The lowest BCUT2D eigenvalue weighted by atomic mass is 10.1. The first-order chi connectivity index (χ1) is 16.4. The molecule has 3 N–H and O–H groups in total. The number of unbranched alkanes of at least 4 members (excludes halogenated alkanes) is 1. The zero-order chi connectivity index (χ0) is 24.5. The molecule has 0 aliphatic carbocycles. The van der Waals surface area contributed by atoms with Crippen molar-refractivity contribution in [3.8, 4) is 5.75 Å². The first-order valence-electron chi connectivity index (χ1n) is 11.5. The van der Waals surface area contributed by atoms with Gasteiger partial charge in [-0.25, -0.2) is 4.79 Å². The van der Waals surface area contributed by atoms with Crippen LogP contribution in [0.1, 0.15) is 40.5 Å². The highest BCUT2D eigenvalue weighted by Crippen LogP contribution is 2.25. The standard InChI is InChI=1S/C25H32N4O5/c1-3-4-11-26-23(30)17-28-12-14-29(15-13-28)19-7-10-22(21(16-19)25(32)33)27-24(31)18-5-8-20(34-2)9-6-18/h5-10,16H,3-4,11-15,17H2,1-2H3,(H,26,30)(H,27,31)(H,32,33). The van der Waals surface area contributed by atoms with Gasteiger partial charge >= 0.3 is 5.97 Å². The van der Waals surface area contributed by atoms with Crippen molar-refractivity contribution in [1.29, 1.82) is 0 Å². The fraction of sp³-hybridized carbons (Fsp3) is 0.400. The second-order valence-electron chi connectivity index (χ2n) is 8.18. The molecule has 0 aromatic heterocycles. The molecule has 1 aliphatic rings. The molecule has 1 aliphatic heterocycles. The number of nitrogens with one attached hydrogen (secondary N) is 2. The summed E-state index contributed by atoms with van der Waals surface area (Å²) in [5.74, 6) is -0.852. The first-order valence-corrected chi connectivity index (χ1v) is 11.5. The summed E-state index contributed by atoms with van der Waals surface area (Å²) in [6, 6.07) is 11.6. The summed E-state index contributed by atoms with van der Waals surface area (Å²) in [7, 11) is 1.54. The van der Waals surface area contributed by atoms with Gasteiger partial charge in [0.15, 0.2) is 0 Å². The molecule has 1 saturated heterocycles. The Kier molecular flexibility index (Phi) is 8.86. The molecule has 2 aromatic rings. The summed E-state index contributed by atoms with van der Waals surface area (Å²) in [4.78, 5) is 40.7. The number of amides is 2. The van der Waals surface area contributed by atoms with Gasteiger partial charge in [0.1, 0.15) is 5.75 Å². The molecule has 9 nitrogen and oxygen atoms in total. The van der Waals surface area contributed by atoms with Crippen molar-refractivity contribution >= 4 is 29.2 Å². The average molecular weight is 469 g/mol. The van der Waals surface area contributed by atoms with Gasteiger partial charge in [0.05, 0.1) is 24.9 Å². The lowest BCUT2D eigenvalue weighted by Gasteiger charge is -2.36. The van der Waals surface area contributed by atoms with Crippen molar-refractivity contribution in [2.45, 2.75) is 19.8 Å². The number of rotatable bonds is 10. The molecule has 0 radical (unpaired) electrons. The van der Waals surface area contributed by atoms with E-state index in [4.69, 9.17) is 4.74 Å². The SMILES string of the molecule is CCCCNC(=O)CN1CCN(c2ccc(NC(=O)c3ccc(OC)cc3)c(C(=O)O)c2)CC1. The molecule has 0 saturated carbocycles. The van der Waals surface area contributed by atoms with Crippen LogP contribution in [0.25, 0.3) is 0 Å². The van der Waals surface area contributed by atoms with Gasteiger partial charge < -0.3 is 25.4 Å². The summed E-state index contributed by atoms with van der Waals surface area (Å²) >= 11 is 0. The second-order valence-corrected chi connectivity index (χ2v) is 8.18. The van der Waals surface area contributed by atoms with Crippen LogP contribution >= 0.6 is 0 Å². The van der Waals surface area contributed by atoms with Crippen molar-refractivity contribution in [1.82, 2.24) is 10.2 Å². The molecule has 0 unspecified atom stereocenters. The largest absolute Gasteiger partial charge is 0.497 e. The highest BCUT2D eigenvalue weighted by Gasteiger charge is 2.21. The summed E-state index contributed by atoms with van der Waals surface area (Å²) < 4.78 is 5.10. The number of carbonyl (C=O) groups excluding carboxylic acids is 2. The second kappa shape index (κ2) is 12.0. The predicted molar refractivity (Wildman–Crippen MR) is 131 cm³/mol. The van der Waals surface area contributed by atoms with Crippen molar-refractivity contribution in [2.75, 3.05) is 56.6 Å².